The molecule has 21 heavy (non-hydrogen) atoms. The van der Waals surface area contributed by atoms with Crippen LogP contribution in [-0.2, 0) is 13.1 Å². The Bertz CT molecular complexity index is 414. The van der Waals surface area contributed by atoms with Gasteiger partial charge in [-0.1, -0.05) is 18.6 Å². The third kappa shape index (κ3) is 5.05. The van der Waals surface area contributed by atoms with E-state index in [9.17, 15) is 5.11 Å². The maximum atomic E-state index is 10.6. The highest BCUT2D eigenvalue weighted by Gasteiger charge is 2.32. The van der Waals surface area contributed by atoms with Crippen molar-refractivity contribution in [2.75, 3.05) is 13.2 Å². The molecule has 0 unspecified atom stereocenters. The Morgan fingerprint density at radius 1 is 1.43 bits per heavy atom. The Morgan fingerprint density at radius 2 is 2.19 bits per heavy atom. The van der Waals surface area contributed by atoms with Gasteiger partial charge in [-0.3, -0.25) is 4.68 Å². The molecule has 0 radical (unpaired) electrons. The highest BCUT2D eigenvalue weighted by atomic mass is 16.3. The van der Waals surface area contributed by atoms with Crippen molar-refractivity contribution in [2.45, 2.75) is 64.1 Å². The van der Waals surface area contributed by atoms with Gasteiger partial charge in [0.2, 0.25) is 0 Å². The zero-order valence-electron chi connectivity index (χ0n) is 13.0. The Labute approximate surface area is 126 Å². The van der Waals surface area contributed by atoms with Crippen molar-refractivity contribution in [3.8, 4) is 0 Å². The molecule has 0 aromatic carbocycles. The largest absolute Gasteiger partial charge is 0.396 e. The normalized spacial score (nSPS) is 26.1. The molecular weight excluding hydrogens is 268 g/mol. The first kappa shape index (κ1) is 16.4. The molecule has 0 saturated heterocycles. The fraction of sp³-hybridized carbons (Fsp3) is 0.867. The minimum atomic E-state index is -0.557. The maximum absolute atomic E-state index is 10.6. The minimum absolute atomic E-state index is 0.166. The summed E-state index contributed by atoms with van der Waals surface area (Å²) in [6.07, 6.45) is 7.84. The fourth-order valence-electron chi connectivity index (χ4n) is 2.98. The van der Waals surface area contributed by atoms with E-state index in [4.69, 9.17) is 5.11 Å². The van der Waals surface area contributed by atoms with Crippen molar-refractivity contribution in [1.82, 2.24) is 20.3 Å². The summed E-state index contributed by atoms with van der Waals surface area (Å²) in [6.45, 7) is 4.32. The van der Waals surface area contributed by atoms with Crippen molar-refractivity contribution >= 4 is 0 Å². The monoisotopic (exact) mass is 296 g/mol. The fourth-order valence-corrected chi connectivity index (χ4v) is 2.98. The average Bonchev–Trinajstić information content (AvgIpc) is 2.94. The second-order valence-electron chi connectivity index (χ2n) is 6.23. The summed E-state index contributed by atoms with van der Waals surface area (Å²) in [5, 5.41) is 30.7. The topological polar surface area (TPSA) is 83.2 Å². The van der Waals surface area contributed by atoms with E-state index in [1.54, 1.807) is 4.68 Å². The van der Waals surface area contributed by atoms with Gasteiger partial charge in [-0.15, -0.1) is 5.10 Å². The van der Waals surface area contributed by atoms with Crippen LogP contribution in [0.4, 0.5) is 0 Å². The standard InChI is InChI=1S/C15H28N4O2/c1-2-13-4-6-15(21,7-5-13)12-16-10-14-11-19(18-17-14)8-3-9-20/h11,13,16,20-21H,2-10,12H2,1H3. The van der Waals surface area contributed by atoms with E-state index >= 15 is 0 Å². The van der Waals surface area contributed by atoms with Crippen LogP contribution < -0.4 is 5.32 Å². The Morgan fingerprint density at radius 3 is 2.86 bits per heavy atom. The zero-order chi connectivity index (χ0) is 15.1. The van der Waals surface area contributed by atoms with E-state index < -0.39 is 5.60 Å². The highest BCUT2D eigenvalue weighted by Crippen LogP contribution is 2.33. The summed E-state index contributed by atoms with van der Waals surface area (Å²) in [4.78, 5) is 0. The van der Waals surface area contributed by atoms with Gasteiger partial charge in [-0.25, -0.2) is 0 Å². The van der Waals surface area contributed by atoms with Crippen LogP contribution in [0.5, 0.6) is 0 Å². The lowest BCUT2D eigenvalue weighted by Gasteiger charge is -2.35. The second-order valence-corrected chi connectivity index (χ2v) is 6.23. The van der Waals surface area contributed by atoms with E-state index in [1.165, 1.54) is 6.42 Å². The summed E-state index contributed by atoms with van der Waals surface area (Å²) >= 11 is 0. The first-order valence-corrected chi connectivity index (χ1v) is 8.08. The highest BCUT2D eigenvalue weighted by molar-refractivity contribution is 4.93. The Balaban J connectivity index is 1.70. The van der Waals surface area contributed by atoms with Crippen LogP contribution in [0.3, 0.4) is 0 Å². The van der Waals surface area contributed by atoms with E-state index in [0.717, 1.165) is 37.3 Å². The van der Waals surface area contributed by atoms with Crippen molar-refractivity contribution in [2.24, 2.45) is 5.92 Å². The molecule has 1 heterocycles. The molecule has 0 atom stereocenters. The summed E-state index contributed by atoms with van der Waals surface area (Å²) in [5.41, 5.74) is 0.317. The Kier molecular flexibility index (Phi) is 6.14. The van der Waals surface area contributed by atoms with Crippen LogP contribution in [0.2, 0.25) is 0 Å². The molecule has 120 valence electrons. The molecule has 0 aliphatic heterocycles. The van der Waals surface area contributed by atoms with Gasteiger partial charge < -0.3 is 15.5 Å². The van der Waals surface area contributed by atoms with Crippen molar-refractivity contribution in [3.63, 3.8) is 0 Å². The number of rotatable bonds is 8. The molecule has 6 heteroatoms. The van der Waals surface area contributed by atoms with Crippen molar-refractivity contribution in [3.05, 3.63) is 11.9 Å². The summed E-state index contributed by atoms with van der Waals surface area (Å²) < 4.78 is 1.74. The molecule has 1 aromatic heterocycles. The smallest absolute Gasteiger partial charge is 0.0964 e. The molecule has 3 N–H and O–H groups in total. The molecule has 0 amide bonds. The van der Waals surface area contributed by atoms with Gasteiger partial charge >= 0.3 is 0 Å². The molecule has 1 saturated carbocycles. The maximum Gasteiger partial charge on any atom is 0.0964 e. The Hall–Kier alpha value is -0.980. The number of hydrogen-bond acceptors (Lipinski definition) is 5. The van der Waals surface area contributed by atoms with E-state index in [1.807, 2.05) is 6.20 Å². The lowest BCUT2D eigenvalue weighted by Crippen LogP contribution is -2.43. The third-order valence-electron chi connectivity index (χ3n) is 4.50. The van der Waals surface area contributed by atoms with Crippen LogP contribution in [0, 0.1) is 5.92 Å². The number of hydrogen-bond donors (Lipinski definition) is 3. The number of aryl methyl sites for hydroxylation is 1. The molecule has 1 fully saturated rings. The first-order valence-electron chi connectivity index (χ1n) is 8.08. The zero-order valence-corrected chi connectivity index (χ0v) is 13.0. The first-order chi connectivity index (χ1) is 10.1. The van der Waals surface area contributed by atoms with E-state index in [-0.39, 0.29) is 6.61 Å². The van der Waals surface area contributed by atoms with Crippen LogP contribution in [0.1, 0.15) is 51.1 Å². The lowest BCUT2D eigenvalue weighted by atomic mass is 9.78. The molecule has 1 aliphatic carbocycles. The van der Waals surface area contributed by atoms with Gasteiger partial charge in [-0.05, 0) is 38.0 Å². The number of aromatic nitrogens is 3. The van der Waals surface area contributed by atoms with Crippen LogP contribution in [0.15, 0.2) is 6.20 Å². The third-order valence-corrected chi connectivity index (χ3v) is 4.50. The molecule has 1 aliphatic rings. The summed E-state index contributed by atoms with van der Waals surface area (Å²) in [5.74, 6) is 0.789. The number of aliphatic hydroxyl groups is 2. The number of nitrogens with zero attached hydrogens (tertiary/aromatic N) is 3. The van der Waals surface area contributed by atoms with Crippen molar-refractivity contribution in [1.29, 1.82) is 0 Å². The van der Waals surface area contributed by atoms with Gasteiger partial charge in [-0.2, -0.15) is 0 Å². The van der Waals surface area contributed by atoms with Gasteiger partial charge in [0.1, 0.15) is 0 Å². The van der Waals surface area contributed by atoms with Crippen LogP contribution >= 0.6 is 0 Å². The van der Waals surface area contributed by atoms with Gasteiger partial charge in [0, 0.05) is 32.4 Å². The minimum Gasteiger partial charge on any atom is -0.396 e. The lowest BCUT2D eigenvalue weighted by molar-refractivity contribution is -0.00886. The van der Waals surface area contributed by atoms with Crippen LogP contribution in [0.25, 0.3) is 0 Å². The quantitative estimate of drug-likeness (QED) is 0.668. The molecule has 2 rings (SSSR count). The summed E-state index contributed by atoms with van der Waals surface area (Å²) in [7, 11) is 0. The number of nitrogens with one attached hydrogen (secondary N) is 1. The van der Waals surface area contributed by atoms with Crippen molar-refractivity contribution < 1.29 is 10.2 Å². The molecule has 6 nitrogen and oxygen atoms in total. The van der Waals surface area contributed by atoms with E-state index in [0.29, 0.717) is 26.1 Å². The van der Waals surface area contributed by atoms with Gasteiger partial charge in [0.05, 0.1) is 11.3 Å². The summed E-state index contributed by atoms with van der Waals surface area (Å²) in [6, 6.07) is 0. The SMILES string of the molecule is CCC1CCC(O)(CNCc2cn(CCCO)nn2)CC1. The predicted molar refractivity (Wildman–Crippen MR) is 80.6 cm³/mol. The molecule has 0 bridgehead atoms. The van der Waals surface area contributed by atoms with Gasteiger partial charge in [0.15, 0.2) is 0 Å². The van der Waals surface area contributed by atoms with E-state index in [2.05, 4.69) is 22.6 Å². The molecule has 1 aromatic rings. The second kappa shape index (κ2) is 7.87. The molecule has 0 spiro atoms. The van der Waals surface area contributed by atoms with Gasteiger partial charge in [0.25, 0.3) is 0 Å². The van der Waals surface area contributed by atoms with Crippen LogP contribution in [-0.4, -0.2) is 44.0 Å². The number of aliphatic hydroxyl groups excluding tert-OH is 1. The molecular formula is C15H28N4O2. The average molecular weight is 296 g/mol. The predicted octanol–water partition coefficient (Wildman–Crippen LogP) is 1.08.